The largest absolute Gasteiger partial charge is 0.246 e. The molecule has 0 unspecified atom stereocenters. The highest BCUT2D eigenvalue weighted by molar-refractivity contribution is 7.89. The molecule has 5 nitrogen and oxygen atoms in total. The van der Waals surface area contributed by atoms with Crippen LogP contribution in [0, 0.1) is 20.8 Å². The van der Waals surface area contributed by atoms with E-state index in [-0.39, 0.29) is 0 Å². The summed E-state index contributed by atoms with van der Waals surface area (Å²) < 4.78 is 29.7. The summed E-state index contributed by atoms with van der Waals surface area (Å²) in [5.74, 6) is 0. The topological polar surface area (TPSA) is 55.2 Å². The van der Waals surface area contributed by atoms with Crippen LogP contribution in [-0.2, 0) is 10.0 Å². The van der Waals surface area contributed by atoms with Crippen molar-refractivity contribution < 1.29 is 8.42 Å². The third-order valence-corrected chi connectivity index (χ3v) is 6.82. The number of hydrogen-bond donors (Lipinski definition) is 0. The van der Waals surface area contributed by atoms with Gasteiger partial charge in [-0.15, -0.1) is 0 Å². The summed E-state index contributed by atoms with van der Waals surface area (Å²) >= 11 is 0. The van der Waals surface area contributed by atoms with Crippen molar-refractivity contribution in [3.8, 4) is 5.69 Å². The van der Waals surface area contributed by atoms with Crippen LogP contribution in [0.5, 0.6) is 0 Å². The molecule has 1 aliphatic heterocycles. The fourth-order valence-electron chi connectivity index (χ4n) is 3.35. The van der Waals surface area contributed by atoms with E-state index < -0.39 is 10.0 Å². The Morgan fingerprint density at radius 3 is 2.08 bits per heavy atom. The Bertz CT molecular complexity index is 815. The van der Waals surface area contributed by atoms with Crippen LogP contribution in [0.2, 0.25) is 0 Å². The summed E-state index contributed by atoms with van der Waals surface area (Å²) in [6.45, 7) is 6.86. The number of aromatic nitrogens is 2. The van der Waals surface area contributed by atoms with Gasteiger partial charge in [-0.3, -0.25) is 0 Å². The van der Waals surface area contributed by atoms with E-state index in [2.05, 4.69) is 5.10 Å². The minimum absolute atomic E-state index is 0.366. The minimum Gasteiger partial charge on any atom is -0.236 e. The third kappa shape index (κ3) is 3.13. The molecule has 2 heterocycles. The number of sulfonamides is 1. The zero-order chi connectivity index (χ0) is 17.3. The molecule has 1 aliphatic rings. The van der Waals surface area contributed by atoms with E-state index in [1.54, 1.807) is 15.9 Å². The van der Waals surface area contributed by atoms with Gasteiger partial charge >= 0.3 is 0 Å². The number of hydrogen-bond acceptors (Lipinski definition) is 3. The van der Waals surface area contributed by atoms with Crippen molar-refractivity contribution in [1.29, 1.82) is 0 Å². The summed E-state index contributed by atoms with van der Waals surface area (Å²) in [6, 6.07) is 7.96. The molecule has 3 rings (SSSR count). The Labute approximate surface area is 144 Å². The molecule has 130 valence electrons. The maximum absolute atomic E-state index is 13.2. The molecule has 1 aromatic carbocycles. The molecule has 0 atom stereocenters. The second kappa shape index (κ2) is 6.69. The fourth-order valence-corrected chi connectivity index (χ4v) is 5.22. The van der Waals surface area contributed by atoms with E-state index in [1.165, 1.54) is 0 Å². The molecule has 0 spiro atoms. The van der Waals surface area contributed by atoms with Crippen LogP contribution in [0.25, 0.3) is 5.69 Å². The molecule has 0 aliphatic carbocycles. The van der Waals surface area contributed by atoms with Crippen molar-refractivity contribution in [1.82, 2.24) is 14.1 Å². The van der Waals surface area contributed by atoms with Gasteiger partial charge in [-0.25, -0.2) is 13.1 Å². The van der Waals surface area contributed by atoms with Crippen LogP contribution in [0.4, 0.5) is 0 Å². The van der Waals surface area contributed by atoms with E-state index in [0.717, 1.165) is 36.9 Å². The van der Waals surface area contributed by atoms with Gasteiger partial charge in [0.2, 0.25) is 10.0 Å². The Morgan fingerprint density at radius 1 is 0.917 bits per heavy atom. The van der Waals surface area contributed by atoms with Gasteiger partial charge in [-0.1, -0.05) is 30.5 Å². The van der Waals surface area contributed by atoms with E-state index in [1.807, 2.05) is 38.1 Å². The van der Waals surface area contributed by atoms with Crippen LogP contribution in [0.3, 0.4) is 0 Å². The first-order valence-electron chi connectivity index (χ1n) is 8.54. The third-order valence-electron chi connectivity index (χ3n) is 4.67. The number of benzene rings is 1. The average Bonchev–Trinajstić information content (AvgIpc) is 2.73. The number of nitrogens with zero attached hydrogens (tertiary/aromatic N) is 3. The molecule has 0 amide bonds. The Hall–Kier alpha value is -1.66. The van der Waals surface area contributed by atoms with Crippen LogP contribution < -0.4 is 0 Å². The maximum atomic E-state index is 13.2. The van der Waals surface area contributed by atoms with Crippen molar-refractivity contribution in [3.63, 3.8) is 0 Å². The van der Waals surface area contributed by atoms with Gasteiger partial charge in [-0.2, -0.15) is 9.40 Å². The quantitative estimate of drug-likeness (QED) is 0.855. The lowest BCUT2D eigenvalue weighted by Crippen LogP contribution is -2.32. The number of rotatable bonds is 3. The lowest BCUT2D eigenvalue weighted by Gasteiger charge is -2.20. The Balaban J connectivity index is 2.03. The predicted octanol–water partition coefficient (Wildman–Crippen LogP) is 3.36. The standard InChI is InChI=1S/C18H25N3O2S/c1-14-8-10-17(11-9-14)21-16(3)18(15(2)19-21)24(22,23)20-12-6-4-5-7-13-20/h8-11H,4-7,12-13H2,1-3H3. The highest BCUT2D eigenvalue weighted by atomic mass is 32.2. The summed E-state index contributed by atoms with van der Waals surface area (Å²) in [5.41, 5.74) is 3.30. The zero-order valence-corrected chi connectivity index (χ0v) is 15.4. The van der Waals surface area contributed by atoms with Gasteiger partial charge < -0.3 is 0 Å². The second-order valence-electron chi connectivity index (χ2n) is 6.57. The maximum Gasteiger partial charge on any atom is 0.246 e. The molecule has 1 aromatic heterocycles. The van der Waals surface area contributed by atoms with Gasteiger partial charge in [-0.05, 0) is 45.7 Å². The van der Waals surface area contributed by atoms with Crippen molar-refractivity contribution in [2.75, 3.05) is 13.1 Å². The molecule has 0 bridgehead atoms. The first-order valence-corrected chi connectivity index (χ1v) is 9.98. The minimum atomic E-state index is -3.49. The fraction of sp³-hybridized carbons (Fsp3) is 0.500. The Kier molecular flexibility index (Phi) is 4.78. The molecule has 0 radical (unpaired) electrons. The molecule has 6 heteroatoms. The average molecular weight is 347 g/mol. The smallest absolute Gasteiger partial charge is 0.236 e. The van der Waals surface area contributed by atoms with Gasteiger partial charge in [0.1, 0.15) is 4.90 Å². The summed E-state index contributed by atoms with van der Waals surface area (Å²) in [6.07, 6.45) is 4.08. The Morgan fingerprint density at radius 2 is 1.50 bits per heavy atom. The van der Waals surface area contributed by atoms with Crippen molar-refractivity contribution in [2.24, 2.45) is 0 Å². The number of aryl methyl sites for hydroxylation is 2. The van der Waals surface area contributed by atoms with Gasteiger partial charge in [0.25, 0.3) is 0 Å². The van der Waals surface area contributed by atoms with Gasteiger partial charge in [0.15, 0.2) is 0 Å². The van der Waals surface area contributed by atoms with Gasteiger partial charge in [0.05, 0.1) is 17.1 Å². The highest BCUT2D eigenvalue weighted by Gasteiger charge is 2.31. The molecular weight excluding hydrogens is 322 g/mol. The summed E-state index contributed by atoms with van der Waals surface area (Å²) in [5, 5.41) is 4.51. The van der Waals surface area contributed by atoms with Gasteiger partial charge in [0, 0.05) is 13.1 Å². The van der Waals surface area contributed by atoms with Crippen LogP contribution >= 0.6 is 0 Å². The second-order valence-corrected chi connectivity index (χ2v) is 8.44. The van der Waals surface area contributed by atoms with E-state index >= 15 is 0 Å². The molecule has 0 saturated carbocycles. The molecular formula is C18H25N3O2S. The van der Waals surface area contributed by atoms with E-state index in [0.29, 0.717) is 29.4 Å². The monoisotopic (exact) mass is 347 g/mol. The molecule has 1 fully saturated rings. The molecule has 2 aromatic rings. The predicted molar refractivity (Wildman–Crippen MR) is 95.0 cm³/mol. The van der Waals surface area contributed by atoms with E-state index in [9.17, 15) is 8.42 Å². The molecule has 24 heavy (non-hydrogen) atoms. The summed E-state index contributed by atoms with van der Waals surface area (Å²) in [4.78, 5) is 0.366. The van der Waals surface area contributed by atoms with Crippen molar-refractivity contribution >= 4 is 10.0 Å². The first-order chi connectivity index (χ1) is 11.4. The summed E-state index contributed by atoms with van der Waals surface area (Å²) in [7, 11) is -3.49. The normalized spacial score (nSPS) is 17.0. The zero-order valence-electron chi connectivity index (χ0n) is 14.6. The SMILES string of the molecule is Cc1ccc(-n2nc(C)c(S(=O)(=O)N3CCCCCC3)c2C)cc1. The first kappa shape index (κ1) is 17.2. The lowest BCUT2D eigenvalue weighted by molar-refractivity contribution is 0.423. The van der Waals surface area contributed by atoms with Crippen LogP contribution in [0.15, 0.2) is 29.2 Å². The molecule has 0 N–H and O–H groups in total. The highest BCUT2D eigenvalue weighted by Crippen LogP contribution is 2.27. The van der Waals surface area contributed by atoms with Crippen molar-refractivity contribution in [2.45, 2.75) is 51.3 Å². The van der Waals surface area contributed by atoms with E-state index in [4.69, 9.17) is 0 Å². The van der Waals surface area contributed by atoms with Crippen LogP contribution in [-0.4, -0.2) is 35.6 Å². The molecule has 1 saturated heterocycles. The van der Waals surface area contributed by atoms with Crippen molar-refractivity contribution in [3.05, 3.63) is 41.2 Å². The van der Waals surface area contributed by atoms with Crippen LogP contribution in [0.1, 0.15) is 42.6 Å². The lowest BCUT2D eigenvalue weighted by atomic mass is 10.2.